The van der Waals surface area contributed by atoms with Crippen molar-refractivity contribution in [3.05, 3.63) is 47.3 Å². The van der Waals surface area contributed by atoms with Crippen molar-refractivity contribution in [2.24, 2.45) is 0 Å². The Morgan fingerprint density at radius 3 is 2.22 bits per heavy atom. The molecule has 3 rings (SSSR count). The topological polar surface area (TPSA) is 78.4 Å². The quantitative estimate of drug-likeness (QED) is 0.889. The Kier molecular flexibility index (Phi) is 5.29. The summed E-state index contributed by atoms with van der Waals surface area (Å²) in [5.74, 6) is -1.98. The SMILES string of the molecule is CC(=O)N1CCN(C(=O)c2cc(C)nc(Nc3c(F)cccc3F)n2)CC1. The second-order valence-corrected chi connectivity index (χ2v) is 6.24. The van der Waals surface area contributed by atoms with Crippen LogP contribution >= 0.6 is 0 Å². The molecule has 1 aliphatic rings. The molecule has 1 saturated heterocycles. The Hall–Kier alpha value is -3.10. The van der Waals surface area contributed by atoms with Crippen molar-refractivity contribution < 1.29 is 18.4 Å². The van der Waals surface area contributed by atoms with Gasteiger partial charge in [-0.15, -0.1) is 0 Å². The number of carbonyl (C=O) groups is 2. The molecule has 0 atom stereocenters. The molecule has 27 heavy (non-hydrogen) atoms. The van der Waals surface area contributed by atoms with Crippen LogP contribution in [0.2, 0.25) is 0 Å². The lowest BCUT2D eigenvalue weighted by Crippen LogP contribution is -2.50. The van der Waals surface area contributed by atoms with Gasteiger partial charge in [-0.25, -0.2) is 18.7 Å². The standard InChI is InChI=1S/C18H19F2N5O2/c1-11-10-15(17(27)25-8-6-24(7-9-25)12(2)26)22-18(21-11)23-16-13(19)4-3-5-14(16)20/h3-5,10H,6-9H2,1-2H3,(H,21,22,23). The molecule has 0 aliphatic carbocycles. The van der Waals surface area contributed by atoms with E-state index in [1.807, 2.05) is 0 Å². The number of anilines is 2. The first-order chi connectivity index (χ1) is 12.8. The molecule has 1 aliphatic heterocycles. The second kappa shape index (κ2) is 7.65. The predicted octanol–water partition coefficient (Wildman–Crippen LogP) is 2.11. The first kappa shape index (κ1) is 18.7. The van der Waals surface area contributed by atoms with Gasteiger partial charge in [-0.05, 0) is 25.1 Å². The van der Waals surface area contributed by atoms with Gasteiger partial charge in [0.1, 0.15) is 23.0 Å². The molecule has 1 aromatic carbocycles. The first-order valence-corrected chi connectivity index (χ1v) is 8.46. The fraction of sp³-hybridized carbons (Fsp3) is 0.333. The fourth-order valence-electron chi connectivity index (χ4n) is 2.85. The Morgan fingerprint density at radius 2 is 1.63 bits per heavy atom. The molecule has 9 heteroatoms. The number of halogens is 2. The van der Waals surface area contributed by atoms with Gasteiger partial charge in [0, 0.05) is 38.8 Å². The maximum absolute atomic E-state index is 13.8. The number of piperazine rings is 1. The molecule has 0 unspecified atom stereocenters. The largest absolute Gasteiger partial charge is 0.339 e. The van der Waals surface area contributed by atoms with Crippen LogP contribution in [0.5, 0.6) is 0 Å². The third-order valence-corrected chi connectivity index (χ3v) is 4.29. The first-order valence-electron chi connectivity index (χ1n) is 8.46. The summed E-state index contributed by atoms with van der Waals surface area (Å²) < 4.78 is 27.6. The molecule has 7 nitrogen and oxygen atoms in total. The monoisotopic (exact) mass is 375 g/mol. The molecule has 1 N–H and O–H groups in total. The van der Waals surface area contributed by atoms with Crippen molar-refractivity contribution in [2.45, 2.75) is 13.8 Å². The number of carbonyl (C=O) groups excluding carboxylic acids is 2. The van der Waals surface area contributed by atoms with Gasteiger partial charge in [0.05, 0.1) is 0 Å². The van der Waals surface area contributed by atoms with E-state index >= 15 is 0 Å². The molecule has 142 valence electrons. The Morgan fingerprint density at radius 1 is 1.04 bits per heavy atom. The molecular formula is C18H19F2N5O2. The van der Waals surface area contributed by atoms with E-state index in [0.29, 0.717) is 31.9 Å². The molecule has 0 radical (unpaired) electrons. The lowest BCUT2D eigenvalue weighted by molar-refractivity contribution is -0.130. The summed E-state index contributed by atoms with van der Waals surface area (Å²) in [6, 6.07) is 4.99. The number of amides is 2. The lowest BCUT2D eigenvalue weighted by atomic mass is 10.2. The molecule has 1 aromatic heterocycles. The van der Waals surface area contributed by atoms with Crippen molar-refractivity contribution in [1.82, 2.24) is 19.8 Å². The van der Waals surface area contributed by atoms with Crippen LogP contribution in [-0.2, 0) is 4.79 Å². The normalized spacial score (nSPS) is 14.2. The minimum Gasteiger partial charge on any atom is -0.339 e. The van der Waals surface area contributed by atoms with Crippen molar-refractivity contribution in [3.63, 3.8) is 0 Å². The van der Waals surface area contributed by atoms with E-state index in [2.05, 4.69) is 15.3 Å². The van der Waals surface area contributed by atoms with Gasteiger partial charge >= 0.3 is 0 Å². The molecule has 2 amide bonds. The van der Waals surface area contributed by atoms with Gasteiger partial charge < -0.3 is 15.1 Å². The van der Waals surface area contributed by atoms with Crippen LogP contribution in [0.3, 0.4) is 0 Å². The number of aromatic nitrogens is 2. The Balaban J connectivity index is 1.79. The van der Waals surface area contributed by atoms with Gasteiger partial charge in [0.15, 0.2) is 0 Å². The number of nitrogens with zero attached hydrogens (tertiary/aromatic N) is 4. The van der Waals surface area contributed by atoms with Crippen LogP contribution in [0.25, 0.3) is 0 Å². The van der Waals surface area contributed by atoms with E-state index < -0.39 is 11.6 Å². The summed E-state index contributed by atoms with van der Waals surface area (Å²) in [7, 11) is 0. The van der Waals surface area contributed by atoms with Crippen molar-refractivity contribution in [3.8, 4) is 0 Å². The third-order valence-electron chi connectivity index (χ3n) is 4.29. The smallest absolute Gasteiger partial charge is 0.272 e. The number of para-hydroxylation sites is 1. The van der Waals surface area contributed by atoms with Gasteiger partial charge in [0.25, 0.3) is 5.91 Å². The maximum atomic E-state index is 13.8. The highest BCUT2D eigenvalue weighted by atomic mass is 19.1. The number of hydrogen-bond donors (Lipinski definition) is 1. The summed E-state index contributed by atoms with van der Waals surface area (Å²) in [6.07, 6.45) is 0. The second-order valence-electron chi connectivity index (χ2n) is 6.24. The minimum absolute atomic E-state index is 0.0293. The summed E-state index contributed by atoms with van der Waals surface area (Å²) >= 11 is 0. The molecule has 0 spiro atoms. The van der Waals surface area contributed by atoms with Crippen molar-refractivity contribution in [1.29, 1.82) is 0 Å². The van der Waals surface area contributed by atoms with Crippen molar-refractivity contribution >= 4 is 23.5 Å². The van der Waals surface area contributed by atoms with E-state index in [1.165, 1.54) is 19.1 Å². The summed E-state index contributed by atoms with van der Waals surface area (Å²) in [5.41, 5.74) is 0.226. The average Bonchev–Trinajstić information content (AvgIpc) is 2.64. The van der Waals surface area contributed by atoms with E-state index in [4.69, 9.17) is 0 Å². The minimum atomic E-state index is -0.784. The molecule has 2 aromatic rings. The number of nitrogens with one attached hydrogen (secondary N) is 1. The van der Waals surface area contributed by atoms with E-state index in [9.17, 15) is 18.4 Å². The zero-order valence-electron chi connectivity index (χ0n) is 15.0. The van der Waals surface area contributed by atoms with Gasteiger partial charge in [-0.1, -0.05) is 6.07 Å². The van der Waals surface area contributed by atoms with Gasteiger partial charge in [-0.3, -0.25) is 9.59 Å². The van der Waals surface area contributed by atoms with E-state index in [0.717, 1.165) is 12.1 Å². The molecule has 2 heterocycles. The summed E-state index contributed by atoms with van der Waals surface area (Å²) in [4.78, 5) is 35.6. The fourth-order valence-corrected chi connectivity index (χ4v) is 2.85. The molecule has 0 bridgehead atoms. The van der Waals surface area contributed by atoms with Crippen LogP contribution in [0.4, 0.5) is 20.4 Å². The molecule has 1 fully saturated rings. The van der Waals surface area contributed by atoms with Crippen LogP contribution in [0, 0.1) is 18.6 Å². The highest BCUT2D eigenvalue weighted by Crippen LogP contribution is 2.22. The highest BCUT2D eigenvalue weighted by molar-refractivity contribution is 5.93. The zero-order chi connectivity index (χ0) is 19.6. The lowest BCUT2D eigenvalue weighted by Gasteiger charge is -2.34. The zero-order valence-corrected chi connectivity index (χ0v) is 15.0. The Labute approximate surface area is 155 Å². The van der Waals surface area contributed by atoms with Crippen LogP contribution < -0.4 is 5.32 Å². The number of rotatable bonds is 3. The van der Waals surface area contributed by atoms with E-state index in [-0.39, 0.29) is 29.1 Å². The number of benzene rings is 1. The molecular weight excluding hydrogens is 356 g/mol. The molecule has 0 saturated carbocycles. The Bertz CT molecular complexity index is 862. The third kappa shape index (κ3) is 4.18. The number of hydrogen-bond acceptors (Lipinski definition) is 5. The predicted molar refractivity (Wildman–Crippen MR) is 94.6 cm³/mol. The van der Waals surface area contributed by atoms with Crippen LogP contribution in [0.15, 0.2) is 24.3 Å². The average molecular weight is 375 g/mol. The number of aryl methyl sites for hydroxylation is 1. The van der Waals surface area contributed by atoms with Gasteiger partial charge in [0.2, 0.25) is 11.9 Å². The summed E-state index contributed by atoms with van der Waals surface area (Å²) in [5, 5.41) is 2.51. The van der Waals surface area contributed by atoms with Crippen LogP contribution in [-0.4, -0.2) is 57.8 Å². The maximum Gasteiger partial charge on any atom is 0.272 e. The summed E-state index contributed by atoms with van der Waals surface area (Å²) in [6.45, 7) is 4.85. The highest BCUT2D eigenvalue weighted by Gasteiger charge is 2.25. The van der Waals surface area contributed by atoms with E-state index in [1.54, 1.807) is 16.7 Å². The van der Waals surface area contributed by atoms with Crippen molar-refractivity contribution in [2.75, 3.05) is 31.5 Å². The van der Waals surface area contributed by atoms with Gasteiger partial charge in [-0.2, -0.15) is 0 Å². The van der Waals surface area contributed by atoms with Crippen LogP contribution in [0.1, 0.15) is 23.1 Å².